The maximum absolute atomic E-state index is 5.60. The van der Waals surface area contributed by atoms with Crippen molar-refractivity contribution in [2.45, 2.75) is 30.6 Å². The monoisotopic (exact) mass is 310 g/mol. The predicted octanol–water partition coefficient (Wildman–Crippen LogP) is 3.88. The van der Waals surface area contributed by atoms with Crippen LogP contribution in [0.5, 0.6) is 0 Å². The highest BCUT2D eigenvalue weighted by Gasteiger charge is 2.19. The first-order valence-electron chi connectivity index (χ1n) is 7.30. The Morgan fingerprint density at radius 3 is 2.60 bits per heavy atom. The summed E-state index contributed by atoms with van der Waals surface area (Å²) in [5.74, 6) is 0.989. The first-order chi connectivity index (χ1) is 9.74. The number of hydrogen-bond donors (Lipinski definition) is 3. The lowest BCUT2D eigenvalue weighted by Crippen LogP contribution is -2.24. The molecule has 0 unspecified atom stereocenters. The molecule has 0 aromatic heterocycles. The highest BCUT2D eigenvalue weighted by Crippen LogP contribution is 2.27. The van der Waals surface area contributed by atoms with Crippen LogP contribution in [0.25, 0.3) is 0 Å². The maximum Gasteiger partial charge on any atom is 0.0417 e. The molecule has 3 rings (SSSR count). The summed E-state index contributed by atoms with van der Waals surface area (Å²) in [6, 6.07) is 7.37. The third-order valence-electron chi connectivity index (χ3n) is 3.46. The number of nitrogens with one attached hydrogen (secondary N) is 2. The van der Waals surface area contributed by atoms with Crippen molar-refractivity contribution in [1.82, 2.24) is 10.6 Å². The maximum atomic E-state index is 5.60. The molecule has 1 aliphatic heterocycles. The topological polar surface area (TPSA) is 24.1 Å². The van der Waals surface area contributed by atoms with Crippen LogP contribution in [0.2, 0.25) is 5.02 Å². The Bertz CT molecular complexity index is 419. The predicted molar refractivity (Wildman–Crippen MR) is 89.6 cm³/mol. The van der Waals surface area contributed by atoms with Crippen molar-refractivity contribution >= 4 is 24.2 Å². The molecule has 0 atom stereocenters. The Hall–Kier alpha value is -0.640. The fourth-order valence-corrected chi connectivity index (χ4v) is 2.55. The van der Waals surface area contributed by atoms with Gasteiger partial charge >= 0.3 is 0 Å². The largest absolute Gasteiger partial charge is 0.391 e. The van der Waals surface area contributed by atoms with Crippen LogP contribution in [0.15, 0.2) is 40.9 Å². The zero-order valence-corrected chi connectivity index (χ0v) is 13.4. The third-order valence-corrected chi connectivity index (χ3v) is 3.98. The SMILES string of the molecule is C(NCC1CC1)=C1CCNCC1.Sc1cccc(Cl)c1. The molecular weight excluding hydrogens is 288 g/mol. The molecule has 2 N–H and O–H groups in total. The normalized spacial score (nSPS) is 18.0. The summed E-state index contributed by atoms with van der Waals surface area (Å²) >= 11 is 9.67. The van der Waals surface area contributed by atoms with Gasteiger partial charge < -0.3 is 10.6 Å². The van der Waals surface area contributed by atoms with Gasteiger partial charge in [0.05, 0.1) is 0 Å². The van der Waals surface area contributed by atoms with Crippen molar-refractivity contribution in [3.05, 3.63) is 41.1 Å². The van der Waals surface area contributed by atoms with Crippen LogP contribution in [0.3, 0.4) is 0 Å². The summed E-state index contributed by atoms with van der Waals surface area (Å²) in [7, 11) is 0. The number of thiol groups is 1. The summed E-state index contributed by atoms with van der Waals surface area (Å²) in [6.07, 6.45) is 7.60. The molecule has 1 aromatic rings. The Balaban J connectivity index is 0.000000160. The quantitative estimate of drug-likeness (QED) is 0.738. The molecule has 1 aromatic carbocycles. The van der Waals surface area contributed by atoms with Gasteiger partial charge in [0.2, 0.25) is 0 Å². The fourth-order valence-electron chi connectivity index (χ4n) is 2.06. The summed E-state index contributed by atoms with van der Waals surface area (Å²) in [6.45, 7) is 3.53. The molecule has 1 saturated carbocycles. The average Bonchev–Trinajstić information content (AvgIpc) is 3.25. The van der Waals surface area contributed by atoms with Gasteiger partial charge in [-0.3, -0.25) is 0 Å². The zero-order chi connectivity index (χ0) is 14.2. The Kier molecular flexibility index (Phi) is 6.77. The minimum absolute atomic E-state index is 0.734. The summed E-state index contributed by atoms with van der Waals surface area (Å²) in [5, 5.41) is 7.52. The van der Waals surface area contributed by atoms with E-state index >= 15 is 0 Å². The van der Waals surface area contributed by atoms with E-state index in [2.05, 4.69) is 29.5 Å². The minimum Gasteiger partial charge on any atom is -0.391 e. The highest BCUT2D eigenvalue weighted by molar-refractivity contribution is 7.80. The Labute approximate surface area is 132 Å². The highest BCUT2D eigenvalue weighted by atomic mass is 35.5. The van der Waals surface area contributed by atoms with Crippen molar-refractivity contribution in [3.8, 4) is 0 Å². The van der Waals surface area contributed by atoms with E-state index in [0.29, 0.717) is 0 Å². The van der Waals surface area contributed by atoms with E-state index in [-0.39, 0.29) is 0 Å². The molecule has 0 spiro atoms. The molecule has 0 amide bonds. The molecule has 1 aliphatic carbocycles. The van der Waals surface area contributed by atoms with Crippen molar-refractivity contribution in [1.29, 1.82) is 0 Å². The lowest BCUT2D eigenvalue weighted by Gasteiger charge is -2.15. The molecule has 2 aliphatic rings. The van der Waals surface area contributed by atoms with Crippen molar-refractivity contribution < 1.29 is 0 Å². The molecule has 0 radical (unpaired) electrons. The van der Waals surface area contributed by atoms with Crippen molar-refractivity contribution in [3.63, 3.8) is 0 Å². The summed E-state index contributed by atoms with van der Waals surface area (Å²) in [4.78, 5) is 0.900. The summed E-state index contributed by atoms with van der Waals surface area (Å²) in [5.41, 5.74) is 1.59. The second-order valence-corrected chi connectivity index (χ2v) is 6.34. The van der Waals surface area contributed by atoms with Crippen LogP contribution >= 0.6 is 24.2 Å². The van der Waals surface area contributed by atoms with Gasteiger partial charge in [-0.15, -0.1) is 12.6 Å². The third kappa shape index (κ3) is 6.69. The second-order valence-electron chi connectivity index (χ2n) is 5.38. The zero-order valence-electron chi connectivity index (χ0n) is 11.7. The van der Waals surface area contributed by atoms with Crippen LogP contribution in [0.4, 0.5) is 0 Å². The van der Waals surface area contributed by atoms with Crippen LogP contribution in [0, 0.1) is 5.92 Å². The smallest absolute Gasteiger partial charge is 0.0417 e. The molecule has 4 heteroatoms. The minimum atomic E-state index is 0.734. The second kappa shape index (κ2) is 8.60. The number of benzene rings is 1. The van der Waals surface area contributed by atoms with E-state index in [1.54, 1.807) is 11.6 Å². The molecule has 20 heavy (non-hydrogen) atoms. The van der Waals surface area contributed by atoms with Gasteiger partial charge in [0.25, 0.3) is 0 Å². The number of halogens is 1. The Morgan fingerprint density at radius 2 is 2.05 bits per heavy atom. The van der Waals surface area contributed by atoms with Gasteiger partial charge in [0, 0.05) is 16.5 Å². The van der Waals surface area contributed by atoms with E-state index in [0.717, 1.165) is 28.9 Å². The van der Waals surface area contributed by atoms with Crippen LogP contribution < -0.4 is 10.6 Å². The van der Waals surface area contributed by atoms with E-state index in [1.165, 1.54) is 32.2 Å². The lowest BCUT2D eigenvalue weighted by atomic mass is 10.1. The van der Waals surface area contributed by atoms with Crippen LogP contribution in [-0.4, -0.2) is 19.6 Å². The molecule has 2 fully saturated rings. The van der Waals surface area contributed by atoms with Crippen LogP contribution in [0.1, 0.15) is 25.7 Å². The number of piperidine rings is 1. The van der Waals surface area contributed by atoms with Gasteiger partial charge in [-0.2, -0.15) is 0 Å². The lowest BCUT2D eigenvalue weighted by molar-refractivity contribution is 0.602. The average molecular weight is 311 g/mol. The molecule has 0 bridgehead atoms. The van der Waals surface area contributed by atoms with E-state index in [1.807, 2.05) is 18.2 Å². The molecule has 110 valence electrons. The number of hydrogen-bond acceptors (Lipinski definition) is 3. The molecule has 2 nitrogen and oxygen atoms in total. The van der Waals surface area contributed by atoms with E-state index < -0.39 is 0 Å². The van der Waals surface area contributed by atoms with E-state index in [4.69, 9.17) is 11.6 Å². The summed E-state index contributed by atoms with van der Waals surface area (Å²) < 4.78 is 0. The number of rotatable bonds is 3. The molecular formula is C16H23ClN2S. The van der Waals surface area contributed by atoms with Gasteiger partial charge in [-0.25, -0.2) is 0 Å². The standard InChI is InChI=1S/C10H18N2.C6H5ClS/c1-2-9(1)7-12-8-10-3-5-11-6-4-10;7-5-2-1-3-6(8)4-5/h8-9,11-12H,1-7H2;1-4,8H. The van der Waals surface area contributed by atoms with Crippen molar-refractivity contribution in [2.24, 2.45) is 5.92 Å². The fraction of sp³-hybridized carbons (Fsp3) is 0.500. The van der Waals surface area contributed by atoms with Gasteiger partial charge in [0.15, 0.2) is 0 Å². The first-order valence-corrected chi connectivity index (χ1v) is 8.13. The van der Waals surface area contributed by atoms with E-state index in [9.17, 15) is 0 Å². The molecule has 1 saturated heterocycles. The van der Waals surface area contributed by atoms with Gasteiger partial charge in [-0.05, 0) is 69.1 Å². The first kappa shape index (κ1) is 15.7. The van der Waals surface area contributed by atoms with Crippen molar-refractivity contribution in [2.75, 3.05) is 19.6 Å². The van der Waals surface area contributed by atoms with Crippen LogP contribution in [-0.2, 0) is 0 Å². The van der Waals surface area contributed by atoms with Gasteiger partial charge in [0.1, 0.15) is 0 Å². The van der Waals surface area contributed by atoms with Gasteiger partial charge in [-0.1, -0.05) is 23.2 Å². The molecule has 1 heterocycles. The Morgan fingerprint density at radius 1 is 1.30 bits per heavy atom.